The van der Waals surface area contributed by atoms with E-state index in [0.717, 1.165) is 21.5 Å². The first-order valence-corrected chi connectivity index (χ1v) is 9.07. The van der Waals surface area contributed by atoms with Gasteiger partial charge < -0.3 is 10.1 Å². The Morgan fingerprint density at radius 1 is 1.16 bits per heavy atom. The van der Waals surface area contributed by atoms with Crippen LogP contribution in [0.2, 0.25) is 5.02 Å². The third kappa shape index (κ3) is 5.08. The van der Waals surface area contributed by atoms with Crippen molar-refractivity contribution in [1.29, 1.82) is 0 Å². The van der Waals surface area contributed by atoms with E-state index in [4.69, 9.17) is 16.3 Å². The monoisotopic (exact) mass is 373 g/mol. The van der Waals surface area contributed by atoms with E-state index in [1.54, 1.807) is 30.5 Å². The van der Waals surface area contributed by atoms with Gasteiger partial charge in [-0.1, -0.05) is 47.6 Å². The molecule has 0 aliphatic carbocycles. The Balaban J connectivity index is 1.42. The largest absolute Gasteiger partial charge is 0.492 e. The highest BCUT2D eigenvalue weighted by Crippen LogP contribution is 2.24. The smallest absolute Gasteiger partial charge is 0.230 e. The van der Waals surface area contributed by atoms with Gasteiger partial charge >= 0.3 is 0 Å². The van der Waals surface area contributed by atoms with Gasteiger partial charge in [-0.15, -0.1) is 5.10 Å². The van der Waals surface area contributed by atoms with Crippen molar-refractivity contribution in [2.24, 2.45) is 0 Å². The van der Waals surface area contributed by atoms with Gasteiger partial charge in [-0.3, -0.25) is 4.79 Å². The normalized spacial score (nSPS) is 10.6. The van der Waals surface area contributed by atoms with Gasteiger partial charge in [0.2, 0.25) is 5.91 Å². The van der Waals surface area contributed by atoms with Crippen molar-refractivity contribution < 1.29 is 9.53 Å². The number of fused-ring (bicyclic) bond motifs is 1. The van der Waals surface area contributed by atoms with Gasteiger partial charge in [0.15, 0.2) is 0 Å². The Morgan fingerprint density at radius 2 is 1.96 bits per heavy atom. The minimum absolute atomic E-state index is 0.0700. The number of nitrogens with one attached hydrogen (secondary N) is 1. The quantitative estimate of drug-likeness (QED) is 0.506. The first-order valence-electron chi connectivity index (χ1n) is 7.71. The van der Waals surface area contributed by atoms with Crippen molar-refractivity contribution in [3.63, 3.8) is 0 Å². The number of rotatable bonds is 7. The molecule has 0 spiro atoms. The van der Waals surface area contributed by atoms with E-state index in [1.807, 2.05) is 24.3 Å². The van der Waals surface area contributed by atoms with Crippen LogP contribution in [0.4, 0.5) is 0 Å². The van der Waals surface area contributed by atoms with Crippen LogP contribution in [0.15, 0.2) is 59.8 Å². The number of ether oxygens (including phenoxy) is 1. The van der Waals surface area contributed by atoms with E-state index >= 15 is 0 Å². The molecule has 7 heteroatoms. The zero-order valence-electron chi connectivity index (χ0n) is 13.3. The zero-order valence-corrected chi connectivity index (χ0v) is 14.9. The summed E-state index contributed by atoms with van der Waals surface area (Å²) in [5.74, 6) is 0.933. The van der Waals surface area contributed by atoms with Crippen LogP contribution < -0.4 is 10.1 Å². The third-order valence-electron chi connectivity index (χ3n) is 3.38. The summed E-state index contributed by atoms with van der Waals surface area (Å²) in [6.45, 7) is 0.829. The Bertz CT molecular complexity index is 853. The second-order valence-electron chi connectivity index (χ2n) is 5.18. The minimum Gasteiger partial charge on any atom is -0.492 e. The van der Waals surface area contributed by atoms with E-state index in [0.29, 0.717) is 18.2 Å². The van der Waals surface area contributed by atoms with Gasteiger partial charge in [0, 0.05) is 15.8 Å². The summed E-state index contributed by atoms with van der Waals surface area (Å²) >= 11 is 7.18. The SMILES string of the molecule is O=C(CSc1nncc2ccccc12)NCCOc1ccc(Cl)cc1. The van der Waals surface area contributed by atoms with Crippen LogP contribution >= 0.6 is 23.4 Å². The fraction of sp³-hybridized carbons (Fsp3) is 0.167. The van der Waals surface area contributed by atoms with Crippen molar-refractivity contribution in [3.8, 4) is 5.75 Å². The molecule has 0 unspecified atom stereocenters. The summed E-state index contributed by atoms with van der Waals surface area (Å²) in [7, 11) is 0. The van der Waals surface area contributed by atoms with E-state index < -0.39 is 0 Å². The van der Waals surface area contributed by atoms with Gasteiger partial charge in [-0.2, -0.15) is 5.10 Å². The highest BCUT2D eigenvalue weighted by atomic mass is 35.5. The summed E-state index contributed by atoms with van der Waals surface area (Å²) in [6.07, 6.45) is 1.72. The zero-order chi connectivity index (χ0) is 17.5. The van der Waals surface area contributed by atoms with E-state index in [9.17, 15) is 4.79 Å². The van der Waals surface area contributed by atoms with Crippen molar-refractivity contribution >= 4 is 40.0 Å². The van der Waals surface area contributed by atoms with Crippen molar-refractivity contribution in [3.05, 3.63) is 59.8 Å². The molecule has 0 bridgehead atoms. The molecule has 0 atom stereocenters. The maximum atomic E-state index is 12.0. The first kappa shape index (κ1) is 17.5. The van der Waals surface area contributed by atoms with E-state index in [-0.39, 0.29) is 11.7 Å². The molecule has 0 aliphatic rings. The average Bonchev–Trinajstić information content (AvgIpc) is 2.65. The highest BCUT2D eigenvalue weighted by Gasteiger charge is 2.07. The van der Waals surface area contributed by atoms with E-state index in [1.165, 1.54) is 11.8 Å². The Hall–Kier alpha value is -2.31. The molecule has 25 heavy (non-hydrogen) atoms. The molecule has 0 saturated heterocycles. The van der Waals surface area contributed by atoms with Gasteiger partial charge in [0.25, 0.3) is 0 Å². The van der Waals surface area contributed by atoms with Crippen molar-refractivity contribution in [2.45, 2.75) is 5.03 Å². The molecular formula is C18H16ClN3O2S. The van der Waals surface area contributed by atoms with Gasteiger partial charge in [0.1, 0.15) is 17.4 Å². The molecule has 3 aromatic rings. The molecule has 0 aliphatic heterocycles. The third-order valence-corrected chi connectivity index (χ3v) is 4.62. The van der Waals surface area contributed by atoms with E-state index in [2.05, 4.69) is 15.5 Å². The Morgan fingerprint density at radius 3 is 2.80 bits per heavy atom. The molecule has 5 nitrogen and oxygen atoms in total. The number of carbonyl (C=O) groups excluding carboxylic acids is 1. The summed E-state index contributed by atoms with van der Waals surface area (Å²) in [5, 5.41) is 14.3. The number of aromatic nitrogens is 2. The lowest BCUT2D eigenvalue weighted by molar-refractivity contribution is -0.118. The minimum atomic E-state index is -0.0700. The lowest BCUT2D eigenvalue weighted by Crippen LogP contribution is -2.29. The molecule has 2 aromatic carbocycles. The van der Waals surface area contributed by atoms with Crippen LogP contribution in [0.25, 0.3) is 10.8 Å². The standard InChI is InChI=1S/C18H16ClN3O2S/c19-14-5-7-15(8-6-14)24-10-9-20-17(23)12-25-18-16-4-2-1-3-13(16)11-21-22-18/h1-8,11H,9-10,12H2,(H,20,23). The molecule has 1 N–H and O–H groups in total. The lowest BCUT2D eigenvalue weighted by Gasteiger charge is -2.08. The van der Waals surface area contributed by atoms with Crippen LogP contribution in [0, 0.1) is 0 Å². The maximum absolute atomic E-state index is 12.0. The predicted octanol–water partition coefficient (Wildman–Crippen LogP) is 3.57. The summed E-state index contributed by atoms with van der Waals surface area (Å²) in [5.41, 5.74) is 0. The number of benzene rings is 2. The van der Waals surface area contributed by atoms with Gasteiger partial charge in [-0.25, -0.2) is 0 Å². The number of hydrogen-bond donors (Lipinski definition) is 1. The van der Waals surface area contributed by atoms with Crippen LogP contribution in [0.1, 0.15) is 0 Å². The molecule has 1 amide bonds. The molecule has 0 fully saturated rings. The van der Waals surface area contributed by atoms with Crippen LogP contribution in [0.3, 0.4) is 0 Å². The highest BCUT2D eigenvalue weighted by molar-refractivity contribution is 8.00. The number of halogens is 1. The fourth-order valence-corrected chi connectivity index (χ4v) is 3.13. The number of nitrogens with zero attached hydrogens (tertiary/aromatic N) is 2. The topological polar surface area (TPSA) is 64.1 Å². The second kappa shape index (κ2) is 8.69. The molecule has 1 heterocycles. The predicted molar refractivity (Wildman–Crippen MR) is 100 cm³/mol. The molecule has 3 rings (SSSR count). The summed E-state index contributed by atoms with van der Waals surface area (Å²) in [6, 6.07) is 15.0. The fourth-order valence-electron chi connectivity index (χ4n) is 2.18. The van der Waals surface area contributed by atoms with Crippen molar-refractivity contribution in [1.82, 2.24) is 15.5 Å². The maximum Gasteiger partial charge on any atom is 0.230 e. The number of amides is 1. The molecule has 0 radical (unpaired) electrons. The van der Waals surface area contributed by atoms with Crippen molar-refractivity contribution in [2.75, 3.05) is 18.9 Å². The van der Waals surface area contributed by atoms with Crippen LogP contribution in [-0.2, 0) is 4.79 Å². The Labute approximate surface area is 154 Å². The molecule has 1 aromatic heterocycles. The second-order valence-corrected chi connectivity index (χ2v) is 6.58. The summed E-state index contributed by atoms with van der Waals surface area (Å²) < 4.78 is 5.53. The van der Waals surface area contributed by atoms with Crippen LogP contribution in [0.5, 0.6) is 5.75 Å². The van der Waals surface area contributed by atoms with Gasteiger partial charge in [-0.05, 0) is 24.3 Å². The number of carbonyl (C=O) groups is 1. The Kier molecular flexibility index (Phi) is 6.09. The molecule has 0 saturated carbocycles. The number of thioether (sulfide) groups is 1. The van der Waals surface area contributed by atoms with Crippen LogP contribution in [-0.4, -0.2) is 35.0 Å². The average molecular weight is 374 g/mol. The van der Waals surface area contributed by atoms with Gasteiger partial charge in [0.05, 0.1) is 18.5 Å². The summed E-state index contributed by atoms with van der Waals surface area (Å²) in [4.78, 5) is 12.0. The first-order chi connectivity index (χ1) is 12.2. The number of hydrogen-bond acceptors (Lipinski definition) is 5. The molecule has 128 valence electrons. The molecular weight excluding hydrogens is 358 g/mol. The lowest BCUT2D eigenvalue weighted by atomic mass is 10.2.